The van der Waals surface area contributed by atoms with E-state index in [9.17, 15) is 0 Å². The second kappa shape index (κ2) is 4.70. The first-order chi connectivity index (χ1) is 8.08. The van der Waals surface area contributed by atoms with E-state index in [0.717, 1.165) is 11.5 Å². The predicted molar refractivity (Wildman–Crippen MR) is 67.4 cm³/mol. The summed E-state index contributed by atoms with van der Waals surface area (Å²) in [5.41, 5.74) is 6.53. The smallest absolute Gasteiger partial charge is 0.213 e. The van der Waals surface area contributed by atoms with Crippen molar-refractivity contribution in [1.29, 1.82) is 0 Å². The van der Waals surface area contributed by atoms with E-state index in [2.05, 4.69) is 36.2 Å². The van der Waals surface area contributed by atoms with Gasteiger partial charge in [0, 0.05) is 0 Å². The van der Waals surface area contributed by atoms with E-state index in [-0.39, 0.29) is 0 Å². The lowest BCUT2D eigenvalue weighted by molar-refractivity contribution is 0.478. The van der Waals surface area contributed by atoms with Gasteiger partial charge >= 0.3 is 0 Å². The van der Waals surface area contributed by atoms with Crippen molar-refractivity contribution in [3.05, 3.63) is 28.1 Å². The van der Waals surface area contributed by atoms with Crippen LogP contribution in [-0.2, 0) is 6.54 Å². The third-order valence-electron chi connectivity index (χ3n) is 2.30. The first-order valence-electron chi connectivity index (χ1n) is 5.00. The molecule has 0 aromatic carbocycles. The third kappa shape index (κ3) is 2.55. The van der Waals surface area contributed by atoms with Crippen molar-refractivity contribution in [3.8, 4) is 0 Å². The fourth-order valence-electron chi connectivity index (χ4n) is 1.28. The van der Waals surface area contributed by atoms with Crippen molar-refractivity contribution < 1.29 is 4.42 Å². The summed E-state index contributed by atoms with van der Waals surface area (Å²) in [6.45, 7) is 4.23. The summed E-state index contributed by atoms with van der Waals surface area (Å²) >= 11 is 3.31. The number of halogens is 1. The van der Waals surface area contributed by atoms with Gasteiger partial charge in [-0.1, -0.05) is 0 Å². The minimum absolute atomic E-state index is 0.391. The topological polar surface area (TPSA) is 89.9 Å². The van der Waals surface area contributed by atoms with Gasteiger partial charge in [0.2, 0.25) is 5.89 Å². The highest BCUT2D eigenvalue weighted by molar-refractivity contribution is 9.10. The maximum atomic E-state index is 5.64. The normalized spacial score (nSPS) is 10.5. The average molecular weight is 298 g/mol. The molecule has 0 saturated carbocycles. The fraction of sp³-hybridized carbons (Fsp3) is 0.300. The molecule has 17 heavy (non-hydrogen) atoms. The molecule has 2 heterocycles. The molecule has 0 aliphatic carbocycles. The van der Waals surface area contributed by atoms with E-state index in [1.54, 1.807) is 0 Å². The number of oxazole rings is 1. The van der Waals surface area contributed by atoms with Crippen LogP contribution in [0.4, 0.5) is 11.6 Å². The Kier molecular flexibility index (Phi) is 3.28. The molecule has 0 fully saturated rings. The number of aromatic nitrogens is 3. The van der Waals surface area contributed by atoms with Crippen molar-refractivity contribution in [2.45, 2.75) is 20.4 Å². The SMILES string of the molecule is Cc1nc(CNc2ncnc(N)c2Br)oc1C. The van der Waals surface area contributed by atoms with Gasteiger partial charge in [0.1, 0.15) is 28.2 Å². The molecular weight excluding hydrogens is 286 g/mol. The highest BCUT2D eigenvalue weighted by Crippen LogP contribution is 2.24. The van der Waals surface area contributed by atoms with Gasteiger partial charge < -0.3 is 15.5 Å². The van der Waals surface area contributed by atoms with Gasteiger partial charge in [0.25, 0.3) is 0 Å². The molecule has 3 N–H and O–H groups in total. The minimum atomic E-state index is 0.391. The van der Waals surface area contributed by atoms with Crippen molar-refractivity contribution in [2.24, 2.45) is 0 Å². The first kappa shape index (κ1) is 11.8. The average Bonchev–Trinajstić information content (AvgIpc) is 2.61. The molecule has 0 unspecified atom stereocenters. The van der Waals surface area contributed by atoms with Crippen LogP contribution >= 0.6 is 15.9 Å². The van der Waals surface area contributed by atoms with Gasteiger partial charge in [-0.05, 0) is 29.8 Å². The van der Waals surface area contributed by atoms with E-state index in [1.807, 2.05) is 13.8 Å². The second-order valence-electron chi connectivity index (χ2n) is 3.52. The van der Waals surface area contributed by atoms with Crippen molar-refractivity contribution >= 4 is 27.6 Å². The van der Waals surface area contributed by atoms with E-state index in [1.165, 1.54) is 6.33 Å². The number of nitrogens with zero attached hydrogens (tertiary/aromatic N) is 3. The lowest BCUT2D eigenvalue weighted by atomic mass is 10.4. The molecule has 0 aliphatic heterocycles. The van der Waals surface area contributed by atoms with Crippen molar-refractivity contribution in [3.63, 3.8) is 0 Å². The molecule has 2 aromatic heterocycles. The molecular formula is C10H12BrN5O. The van der Waals surface area contributed by atoms with Crippen LogP contribution in [0.25, 0.3) is 0 Å². The van der Waals surface area contributed by atoms with Crippen LogP contribution in [0.1, 0.15) is 17.3 Å². The molecule has 0 saturated heterocycles. The lowest BCUT2D eigenvalue weighted by Gasteiger charge is -2.05. The van der Waals surface area contributed by atoms with Crippen LogP contribution < -0.4 is 11.1 Å². The molecule has 2 rings (SSSR count). The molecule has 6 nitrogen and oxygen atoms in total. The number of aryl methyl sites for hydroxylation is 2. The van der Waals surface area contributed by atoms with Crippen LogP contribution in [0.3, 0.4) is 0 Å². The summed E-state index contributed by atoms with van der Waals surface area (Å²) in [5, 5.41) is 3.08. The number of nitrogen functional groups attached to an aromatic ring is 1. The lowest BCUT2D eigenvalue weighted by Crippen LogP contribution is -2.04. The van der Waals surface area contributed by atoms with Gasteiger partial charge in [0.05, 0.1) is 12.2 Å². The van der Waals surface area contributed by atoms with E-state index in [0.29, 0.717) is 28.5 Å². The molecule has 2 aromatic rings. The Morgan fingerprint density at radius 3 is 2.82 bits per heavy atom. The monoisotopic (exact) mass is 297 g/mol. The molecule has 0 bridgehead atoms. The molecule has 7 heteroatoms. The van der Waals surface area contributed by atoms with Gasteiger partial charge in [0.15, 0.2) is 0 Å². The Bertz CT molecular complexity index is 520. The van der Waals surface area contributed by atoms with Gasteiger partial charge in [-0.2, -0.15) is 0 Å². The predicted octanol–water partition coefficient (Wildman–Crippen LogP) is 2.04. The Hall–Kier alpha value is -1.63. The van der Waals surface area contributed by atoms with Crippen LogP contribution in [0.15, 0.2) is 15.2 Å². The Morgan fingerprint density at radius 1 is 1.41 bits per heavy atom. The van der Waals surface area contributed by atoms with Crippen molar-refractivity contribution in [1.82, 2.24) is 15.0 Å². The highest BCUT2D eigenvalue weighted by atomic mass is 79.9. The number of hydrogen-bond acceptors (Lipinski definition) is 6. The standard InChI is InChI=1S/C10H12BrN5O/c1-5-6(2)17-7(16-5)3-13-10-8(11)9(12)14-4-15-10/h4H,3H2,1-2H3,(H3,12,13,14,15). The molecule has 0 atom stereocenters. The minimum Gasteiger partial charge on any atom is -0.444 e. The molecule has 90 valence electrons. The maximum absolute atomic E-state index is 5.64. The zero-order valence-electron chi connectivity index (χ0n) is 9.49. The van der Waals surface area contributed by atoms with E-state index in [4.69, 9.17) is 10.2 Å². The van der Waals surface area contributed by atoms with E-state index < -0.39 is 0 Å². The van der Waals surface area contributed by atoms with Gasteiger partial charge in [-0.3, -0.25) is 0 Å². The summed E-state index contributed by atoms with van der Waals surface area (Å²) in [6.07, 6.45) is 1.40. The number of nitrogens with two attached hydrogens (primary N) is 1. The van der Waals surface area contributed by atoms with Crippen LogP contribution in [0.5, 0.6) is 0 Å². The van der Waals surface area contributed by atoms with Gasteiger partial charge in [-0.25, -0.2) is 15.0 Å². The Morgan fingerprint density at radius 2 is 2.18 bits per heavy atom. The number of anilines is 2. The Balaban J connectivity index is 2.10. The van der Waals surface area contributed by atoms with Crippen LogP contribution in [0.2, 0.25) is 0 Å². The van der Waals surface area contributed by atoms with Gasteiger partial charge in [-0.15, -0.1) is 0 Å². The largest absolute Gasteiger partial charge is 0.444 e. The maximum Gasteiger partial charge on any atom is 0.213 e. The molecule has 0 radical (unpaired) electrons. The van der Waals surface area contributed by atoms with E-state index >= 15 is 0 Å². The van der Waals surface area contributed by atoms with Crippen molar-refractivity contribution in [2.75, 3.05) is 11.1 Å². The zero-order chi connectivity index (χ0) is 12.4. The third-order valence-corrected chi connectivity index (χ3v) is 3.08. The first-order valence-corrected chi connectivity index (χ1v) is 5.80. The number of nitrogens with one attached hydrogen (secondary N) is 1. The molecule has 0 aliphatic rings. The summed E-state index contributed by atoms with van der Waals surface area (Å²) in [5.74, 6) is 2.44. The highest BCUT2D eigenvalue weighted by Gasteiger charge is 2.08. The summed E-state index contributed by atoms with van der Waals surface area (Å²) < 4.78 is 6.08. The quantitative estimate of drug-likeness (QED) is 0.901. The number of rotatable bonds is 3. The van der Waals surface area contributed by atoms with Crippen LogP contribution in [-0.4, -0.2) is 15.0 Å². The summed E-state index contributed by atoms with van der Waals surface area (Å²) in [7, 11) is 0. The molecule has 0 spiro atoms. The fourth-order valence-corrected chi connectivity index (χ4v) is 1.63. The zero-order valence-corrected chi connectivity index (χ0v) is 11.1. The van der Waals surface area contributed by atoms with Crippen LogP contribution in [0, 0.1) is 13.8 Å². The summed E-state index contributed by atoms with van der Waals surface area (Å²) in [6, 6.07) is 0. The number of hydrogen-bond donors (Lipinski definition) is 2. The second-order valence-corrected chi connectivity index (χ2v) is 4.32. The summed E-state index contributed by atoms with van der Waals surface area (Å²) in [4.78, 5) is 12.2. The Labute approximate surface area is 107 Å². The molecule has 0 amide bonds.